The van der Waals surface area contributed by atoms with Gasteiger partial charge in [0.2, 0.25) is 0 Å². The van der Waals surface area contributed by atoms with Gasteiger partial charge in [0.25, 0.3) is 11.6 Å². The Morgan fingerprint density at radius 1 is 1.19 bits per heavy atom. The lowest BCUT2D eigenvalue weighted by Gasteiger charge is -2.13. The molecule has 0 saturated carbocycles. The minimum atomic E-state index is -0.428. The topological polar surface area (TPSA) is 79.0 Å². The Kier molecular flexibility index (Phi) is 5.09. The Morgan fingerprint density at radius 2 is 1.85 bits per heavy atom. The molecule has 0 fully saturated rings. The van der Waals surface area contributed by atoms with Gasteiger partial charge in [-0.2, -0.15) is 10.1 Å². The molecule has 0 saturated heterocycles. The molecule has 7 nitrogen and oxygen atoms in total. The maximum atomic E-state index is 12.8. The van der Waals surface area contributed by atoms with Gasteiger partial charge < -0.3 is 4.90 Å². The van der Waals surface area contributed by atoms with Crippen LogP contribution in [-0.4, -0.2) is 30.6 Å². The van der Waals surface area contributed by atoms with Gasteiger partial charge in [-0.15, -0.1) is 0 Å². The second-order valence-corrected chi connectivity index (χ2v) is 7.15. The molecule has 1 aliphatic heterocycles. The van der Waals surface area contributed by atoms with Gasteiger partial charge in [-0.3, -0.25) is 14.9 Å². The van der Waals surface area contributed by atoms with Crippen LogP contribution in [0.2, 0.25) is 0 Å². The molecular formula is C19H17BrN4O3. The Morgan fingerprint density at radius 3 is 2.44 bits per heavy atom. The predicted octanol–water partition coefficient (Wildman–Crippen LogP) is 4.23. The van der Waals surface area contributed by atoms with Gasteiger partial charge in [-0.25, -0.2) is 0 Å². The molecule has 0 bridgehead atoms. The summed E-state index contributed by atoms with van der Waals surface area (Å²) in [5.74, 6) is -0.269. The third-order valence-electron chi connectivity index (χ3n) is 4.12. The molecule has 8 heteroatoms. The average Bonchev–Trinajstić information content (AvgIpc) is 2.90. The van der Waals surface area contributed by atoms with E-state index in [0.717, 1.165) is 4.47 Å². The van der Waals surface area contributed by atoms with Gasteiger partial charge in [0.15, 0.2) is 0 Å². The van der Waals surface area contributed by atoms with Gasteiger partial charge in [-0.1, -0.05) is 22.0 Å². The number of hydrogen-bond acceptors (Lipinski definition) is 5. The summed E-state index contributed by atoms with van der Waals surface area (Å²) in [6.45, 7) is 1.74. The summed E-state index contributed by atoms with van der Waals surface area (Å²) in [7, 11) is 3.49. The van der Waals surface area contributed by atoms with E-state index in [9.17, 15) is 14.9 Å². The minimum Gasteiger partial charge on any atom is -0.372 e. The largest absolute Gasteiger partial charge is 0.372 e. The molecule has 138 valence electrons. The molecule has 0 spiro atoms. The van der Waals surface area contributed by atoms with E-state index < -0.39 is 4.92 Å². The zero-order valence-electron chi connectivity index (χ0n) is 15.0. The summed E-state index contributed by atoms with van der Waals surface area (Å²) in [5.41, 5.74) is 2.68. The molecule has 0 radical (unpaired) electrons. The van der Waals surface area contributed by atoms with Gasteiger partial charge in [0.1, 0.15) is 5.69 Å². The standard InChI is InChI=1S/C19H17BrN4O3/c1-12-16(19(25)23(21-12)15-7-5-14(20)6-8-15)10-13-4-9-17(22(2)3)18(11-13)24(26)27/h4-11H,1-3H3. The number of nitrogens with zero attached hydrogens (tertiary/aromatic N) is 4. The molecule has 0 aromatic heterocycles. The van der Waals surface area contributed by atoms with E-state index in [0.29, 0.717) is 28.2 Å². The Balaban J connectivity index is 1.97. The van der Waals surface area contributed by atoms with Crippen LogP contribution >= 0.6 is 15.9 Å². The molecule has 1 aliphatic rings. The molecule has 3 rings (SSSR count). The number of rotatable bonds is 4. The van der Waals surface area contributed by atoms with Gasteiger partial charge in [0.05, 0.1) is 21.9 Å². The predicted molar refractivity (Wildman–Crippen MR) is 110 cm³/mol. The highest BCUT2D eigenvalue weighted by Crippen LogP contribution is 2.30. The first-order valence-corrected chi connectivity index (χ1v) is 8.90. The highest BCUT2D eigenvalue weighted by molar-refractivity contribution is 9.10. The third-order valence-corrected chi connectivity index (χ3v) is 4.65. The van der Waals surface area contributed by atoms with Crippen molar-refractivity contribution in [2.24, 2.45) is 5.10 Å². The normalized spacial score (nSPS) is 15.3. The first kappa shape index (κ1) is 18.8. The lowest BCUT2D eigenvalue weighted by molar-refractivity contribution is -0.384. The van der Waals surface area contributed by atoms with E-state index in [1.165, 1.54) is 11.1 Å². The SMILES string of the molecule is CC1=NN(c2ccc(Br)cc2)C(=O)C1=Cc1ccc(N(C)C)c([N+](=O)[O-])c1. The average molecular weight is 429 g/mol. The van der Waals surface area contributed by atoms with E-state index >= 15 is 0 Å². The van der Waals surface area contributed by atoms with Crippen LogP contribution in [-0.2, 0) is 4.79 Å². The van der Waals surface area contributed by atoms with Crippen LogP contribution in [0.4, 0.5) is 17.1 Å². The molecule has 27 heavy (non-hydrogen) atoms. The fraction of sp³-hybridized carbons (Fsp3) is 0.158. The summed E-state index contributed by atoms with van der Waals surface area (Å²) in [4.78, 5) is 25.4. The number of hydrogen-bond donors (Lipinski definition) is 0. The zero-order valence-corrected chi connectivity index (χ0v) is 16.6. The van der Waals surface area contributed by atoms with Crippen molar-refractivity contribution in [1.29, 1.82) is 0 Å². The maximum Gasteiger partial charge on any atom is 0.293 e. The van der Waals surface area contributed by atoms with Crippen LogP contribution in [0, 0.1) is 10.1 Å². The van der Waals surface area contributed by atoms with Crippen molar-refractivity contribution in [2.45, 2.75) is 6.92 Å². The lowest BCUT2D eigenvalue weighted by atomic mass is 10.1. The van der Waals surface area contributed by atoms with Crippen molar-refractivity contribution >= 4 is 50.7 Å². The van der Waals surface area contributed by atoms with Crippen molar-refractivity contribution in [2.75, 3.05) is 24.0 Å². The number of anilines is 2. The Bertz CT molecular complexity index is 981. The van der Waals surface area contributed by atoms with Gasteiger partial charge >= 0.3 is 0 Å². The number of carbonyl (C=O) groups is 1. The number of hydrazone groups is 1. The second-order valence-electron chi connectivity index (χ2n) is 6.24. The Labute approximate surface area is 164 Å². The third kappa shape index (κ3) is 3.75. The van der Waals surface area contributed by atoms with E-state index in [-0.39, 0.29) is 11.6 Å². The van der Waals surface area contributed by atoms with Crippen LogP contribution in [0.1, 0.15) is 12.5 Å². The number of nitro benzene ring substituents is 1. The first-order chi connectivity index (χ1) is 12.8. The fourth-order valence-corrected chi connectivity index (χ4v) is 3.03. The number of nitro groups is 1. The van der Waals surface area contributed by atoms with Crippen LogP contribution in [0.25, 0.3) is 6.08 Å². The number of amides is 1. The van der Waals surface area contributed by atoms with Crippen LogP contribution < -0.4 is 9.91 Å². The first-order valence-electron chi connectivity index (χ1n) is 8.11. The lowest BCUT2D eigenvalue weighted by Crippen LogP contribution is -2.21. The molecular weight excluding hydrogens is 412 g/mol. The summed E-state index contributed by atoms with van der Waals surface area (Å²) >= 11 is 3.36. The summed E-state index contributed by atoms with van der Waals surface area (Å²) in [5, 5.41) is 17.0. The van der Waals surface area contributed by atoms with E-state index in [1.54, 1.807) is 56.3 Å². The molecule has 0 unspecified atom stereocenters. The van der Waals surface area contributed by atoms with Crippen molar-refractivity contribution in [3.63, 3.8) is 0 Å². The molecule has 0 N–H and O–H groups in total. The number of benzene rings is 2. The van der Waals surface area contributed by atoms with Crippen LogP contribution in [0.3, 0.4) is 0 Å². The van der Waals surface area contributed by atoms with Crippen molar-refractivity contribution < 1.29 is 9.72 Å². The van der Waals surface area contributed by atoms with Crippen LogP contribution in [0.5, 0.6) is 0 Å². The molecule has 0 atom stereocenters. The van der Waals surface area contributed by atoms with Gasteiger partial charge in [0, 0.05) is 24.6 Å². The van der Waals surface area contributed by atoms with Crippen molar-refractivity contribution in [3.8, 4) is 0 Å². The molecule has 1 amide bonds. The molecule has 2 aromatic rings. The number of carbonyl (C=O) groups excluding carboxylic acids is 1. The molecule has 2 aromatic carbocycles. The van der Waals surface area contributed by atoms with Gasteiger partial charge in [-0.05, 0) is 48.9 Å². The highest BCUT2D eigenvalue weighted by atomic mass is 79.9. The summed E-state index contributed by atoms with van der Waals surface area (Å²) in [6, 6.07) is 12.1. The maximum absolute atomic E-state index is 12.8. The minimum absolute atomic E-state index is 0.0147. The van der Waals surface area contributed by atoms with E-state index in [4.69, 9.17) is 0 Å². The fourth-order valence-electron chi connectivity index (χ4n) is 2.76. The second kappa shape index (κ2) is 7.32. The highest BCUT2D eigenvalue weighted by Gasteiger charge is 2.29. The van der Waals surface area contributed by atoms with E-state index in [2.05, 4.69) is 21.0 Å². The van der Waals surface area contributed by atoms with Crippen molar-refractivity contribution in [1.82, 2.24) is 0 Å². The quantitative estimate of drug-likeness (QED) is 0.414. The number of halogens is 1. The molecule has 0 aliphatic carbocycles. The van der Waals surface area contributed by atoms with E-state index in [1.807, 2.05) is 12.1 Å². The summed E-state index contributed by atoms with van der Waals surface area (Å²) in [6.07, 6.45) is 1.63. The smallest absolute Gasteiger partial charge is 0.293 e. The monoisotopic (exact) mass is 428 g/mol. The molecule has 1 heterocycles. The zero-order chi connectivity index (χ0) is 19.7. The Hall–Kier alpha value is -3.00. The van der Waals surface area contributed by atoms with Crippen LogP contribution in [0.15, 0.2) is 57.6 Å². The summed E-state index contributed by atoms with van der Waals surface area (Å²) < 4.78 is 0.905. The van der Waals surface area contributed by atoms with Crippen molar-refractivity contribution in [3.05, 3.63) is 68.2 Å².